The number of carbonyl (C=O) groups is 2. The van der Waals surface area contributed by atoms with Gasteiger partial charge in [0.2, 0.25) is 5.91 Å². The summed E-state index contributed by atoms with van der Waals surface area (Å²) in [5.41, 5.74) is 3.37. The lowest BCUT2D eigenvalue weighted by molar-refractivity contribution is -0.116. The number of hydrogen-bond donors (Lipinski definition) is 3. The highest BCUT2D eigenvalue weighted by atomic mass is 32.1. The van der Waals surface area contributed by atoms with Gasteiger partial charge in [-0.1, -0.05) is 24.3 Å². The van der Waals surface area contributed by atoms with Crippen molar-refractivity contribution < 1.29 is 14.0 Å². The SMILES string of the molecule is O=C(C=Cc1ccc(-c2ccc(F)cc2)s1)NCc1cccc(NC(=O)NCc2ccncc2)c1. The van der Waals surface area contributed by atoms with Crippen LogP contribution in [-0.2, 0) is 17.9 Å². The monoisotopic (exact) mass is 486 g/mol. The van der Waals surface area contributed by atoms with Gasteiger partial charge in [-0.15, -0.1) is 11.3 Å². The molecule has 3 amide bonds. The van der Waals surface area contributed by atoms with Crippen molar-refractivity contribution in [2.45, 2.75) is 13.1 Å². The maximum atomic E-state index is 13.1. The Bertz CT molecular complexity index is 1320. The molecule has 3 N–H and O–H groups in total. The second kappa shape index (κ2) is 11.7. The minimum Gasteiger partial charge on any atom is -0.348 e. The first-order valence-electron chi connectivity index (χ1n) is 10.9. The van der Waals surface area contributed by atoms with Crippen molar-refractivity contribution >= 4 is 35.0 Å². The van der Waals surface area contributed by atoms with E-state index in [4.69, 9.17) is 0 Å². The van der Waals surface area contributed by atoms with Crippen LogP contribution in [0.25, 0.3) is 16.5 Å². The van der Waals surface area contributed by atoms with Crippen molar-refractivity contribution in [3.8, 4) is 10.4 Å². The summed E-state index contributed by atoms with van der Waals surface area (Å²) in [6, 6.07) is 20.8. The molecule has 0 aliphatic heterocycles. The molecule has 35 heavy (non-hydrogen) atoms. The Balaban J connectivity index is 1.25. The molecule has 0 radical (unpaired) electrons. The fourth-order valence-corrected chi connectivity index (χ4v) is 4.15. The van der Waals surface area contributed by atoms with Crippen LogP contribution in [0.1, 0.15) is 16.0 Å². The molecule has 176 valence electrons. The third-order valence-electron chi connectivity index (χ3n) is 5.01. The number of urea groups is 1. The zero-order chi connectivity index (χ0) is 24.5. The van der Waals surface area contributed by atoms with Crippen molar-refractivity contribution in [3.63, 3.8) is 0 Å². The smallest absolute Gasteiger partial charge is 0.319 e. The molecule has 0 spiro atoms. The predicted molar refractivity (Wildman–Crippen MR) is 137 cm³/mol. The number of pyridine rings is 1. The van der Waals surface area contributed by atoms with Gasteiger partial charge in [0.25, 0.3) is 0 Å². The first-order valence-corrected chi connectivity index (χ1v) is 11.7. The number of hydrogen-bond acceptors (Lipinski definition) is 4. The van der Waals surface area contributed by atoms with Gasteiger partial charge in [0.15, 0.2) is 0 Å². The standard InChI is InChI=1S/C27H23FN4O2S/c28-22-6-4-21(5-7-22)25-10-8-24(35-25)9-11-26(33)30-18-20-2-1-3-23(16-20)32-27(34)31-17-19-12-14-29-15-13-19/h1-16H,17-18H2,(H,30,33)(H2,31,32,34). The average molecular weight is 487 g/mol. The molecule has 4 aromatic rings. The van der Waals surface area contributed by atoms with Crippen LogP contribution in [0, 0.1) is 5.82 Å². The lowest BCUT2D eigenvalue weighted by Crippen LogP contribution is -2.28. The number of anilines is 1. The lowest BCUT2D eigenvalue weighted by Gasteiger charge is -2.09. The highest BCUT2D eigenvalue weighted by Gasteiger charge is 2.05. The number of amides is 3. The number of nitrogens with zero attached hydrogens (tertiary/aromatic N) is 1. The highest BCUT2D eigenvalue weighted by Crippen LogP contribution is 2.28. The Morgan fingerprint density at radius 2 is 1.66 bits per heavy atom. The molecular weight excluding hydrogens is 463 g/mol. The molecule has 6 nitrogen and oxygen atoms in total. The third-order valence-corrected chi connectivity index (χ3v) is 6.11. The van der Waals surface area contributed by atoms with E-state index in [1.807, 2.05) is 42.5 Å². The van der Waals surface area contributed by atoms with E-state index >= 15 is 0 Å². The Morgan fingerprint density at radius 1 is 0.886 bits per heavy atom. The summed E-state index contributed by atoms with van der Waals surface area (Å²) >= 11 is 1.52. The Morgan fingerprint density at radius 3 is 2.46 bits per heavy atom. The van der Waals surface area contributed by atoms with Crippen molar-refractivity contribution in [1.29, 1.82) is 0 Å². The first kappa shape index (κ1) is 23.8. The summed E-state index contributed by atoms with van der Waals surface area (Å²) < 4.78 is 13.1. The number of aromatic nitrogens is 1. The van der Waals surface area contributed by atoms with E-state index in [2.05, 4.69) is 20.9 Å². The fraction of sp³-hybridized carbons (Fsp3) is 0.0741. The molecular formula is C27H23FN4O2S. The molecule has 4 rings (SSSR count). The molecule has 2 aromatic carbocycles. The second-order valence-corrected chi connectivity index (χ2v) is 8.74. The number of halogens is 1. The van der Waals surface area contributed by atoms with Crippen molar-refractivity contribution in [2.75, 3.05) is 5.32 Å². The van der Waals surface area contributed by atoms with Gasteiger partial charge in [-0.25, -0.2) is 9.18 Å². The van der Waals surface area contributed by atoms with E-state index in [9.17, 15) is 14.0 Å². The second-order valence-electron chi connectivity index (χ2n) is 7.62. The van der Waals surface area contributed by atoms with Gasteiger partial charge >= 0.3 is 6.03 Å². The van der Waals surface area contributed by atoms with Gasteiger partial charge in [-0.3, -0.25) is 9.78 Å². The van der Waals surface area contributed by atoms with Crippen LogP contribution in [0.5, 0.6) is 0 Å². The van der Waals surface area contributed by atoms with Gasteiger partial charge in [-0.2, -0.15) is 0 Å². The highest BCUT2D eigenvalue weighted by molar-refractivity contribution is 7.16. The molecule has 0 atom stereocenters. The van der Waals surface area contributed by atoms with Gasteiger partial charge in [0, 0.05) is 47.0 Å². The van der Waals surface area contributed by atoms with Crippen LogP contribution < -0.4 is 16.0 Å². The number of benzene rings is 2. The third kappa shape index (κ3) is 7.35. The van der Waals surface area contributed by atoms with Crippen LogP contribution in [0.4, 0.5) is 14.9 Å². The number of thiophene rings is 1. The predicted octanol–water partition coefficient (Wildman–Crippen LogP) is 5.60. The van der Waals surface area contributed by atoms with Crippen LogP contribution in [0.15, 0.2) is 91.3 Å². The number of rotatable bonds is 8. The van der Waals surface area contributed by atoms with Gasteiger partial charge in [-0.05, 0) is 71.3 Å². The maximum absolute atomic E-state index is 13.1. The molecule has 2 heterocycles. The average Bonchev–Trinajstić information content (AvgIpc) is 3.35. The van der Waals surface area contributed by atoms with Crippen LogP contribution in [-0.4, -0.2) is 16.9 Å². The molecule has 2 aromatic heterocycles. The zero-order valence-corrected chi connectivity index (χ0v) is 19.5. The quantitative estimate of drug-likeness (QED) is 0.284. The zero-order valence-electron chi connectivity index (χ0n) is 18.7. The number of carbonyl (C=O) groups excluding carboxylic acids is 2. The van der Waals surface area contributed by atoms with Crippen LogP contribution in [0.2, 0.25) is 0 Å². The molecule has 0 saturated carbocycles. The van der Waals surface area contributed by atoms with Crippen LogP contribution in [0.3, 0.4) is 0 Å². The van der Waals surface area contributed by atoms with Crippen molar-refractivity contribution in [3.05, 3.63) is 113 Å². The molecule has 0 bridgehead atoms. The topological polar surface area (TPSA) is 83.1 Å². The lowest BCUT2D eigenvalue weighted by atomic mass is 10.2. The molecule has 0 unspecified atom stereocenters. The Hall–Kier alpha value is -4.30. The molecule has 0 saturated heterocycles. The molecule has 8 heteroatoms. The summed E-state index contributed by atoms with van der Waals surface area (Å²) in [6.07, 6.45) is 6.58. The van der Waals surface area contributed by atoms with E-state index < -0.39 is 0 Å². The minimum absolute atomic E-state index is 0.227. The summed E-state index contributed by atoms with van der Waals surface area (Å²) in [5.74, 6) is -0.497. The summed E-state index contributed by atoms with van der Waals surface area (Å²) in [4.78, 5) is 30.3. The summed E-state index contributed by atoms with van der Waals surface area (Å²) in [6.45, 7) is 0.717. The van der Waals surface area contributed by atoms with Gasteiger partial charge in [0.05, 0.1) is 0 Å². The van der Waals surface area contributed by atoms with E-state index in [1.54, 1.807) is 36.7 Å². The normalized spacial score (nSPS) is 10.8. The Labute approximate surface area is 206 Å². The van der Waals surface area contributed by atoms with E-state index in [0.717, 1.165) is 26.4 Å². The van der Waals surface area contributed by atoms with Crippen LogP contribution >= 0.6 is 11.3 Å². The molecule has 0 aliphatic carbocycles. The number of nitrogens with one attached hydrogen (secondary N) is 3. The van der Waals surface area contributed by atoms with E-state index in [1.165, 1.54) is 29.5 Å². The fourth-order valence-electron chi connectivity index (χ4n) is 3.23. The van der Waals surface area contributed by atoms with Crippen molar-refractivity contribution in [2.24, 2.45) is 0 Å². The summed E-state index contributed by atoms with van der Waals surface area (Å²) in [7, 11) is 0. The first-order chi connectivity index (χ1) is 17.0. The maximum Gasteiger partial charge on any atom is 0.319 e. The van der Waals surface area contributed by atoms with Crippen molar-refractivity contribution in [1.82, 2.24) is 15.6 Å². The molecule has 0 aliphatic rings. The van der Waals surface area contributed by atoms with Gasteiger partial charge < -0.3 is 16.0 Å². The van der Waals surface area contributed by atoms with E-state index in [-0.39, 0.29) is 17.8 Å². The Kier molecular flexibility index (Phi) is 7.98. The molecule has 0 fully saturated rings. The van der Waals surface area contributed by atoms with Gasteiger partial charge in [0.1, 0.15) is 5.82 Å². The summed E-state index contributed by atoms with van der Waals surface area (Å²) in [5, 5.41) is 8.43. The largest absolute Gasteiger partial charge is 0.348 e. The minimum atomic E-state index is -0.318. The van der Waals surface area contributed by atoms with E-state index in [0.29, 0.717) is 18.8 Å².